The molecule has 1 aromatic rings. The number of carbonyl (C=O) groups is 1. The number of phenols is 1. The van der Waals surface area contributed by atoms with Gasteiger partial charge in [-0.05, 0) is 31.0 Å². The molecule has 1 fully saturated rings. The molecule has 0 aromatic heterocycles. The Hall–Kier alpha value is -1.05. The molecule has 7 heteroatoms. The van der Waals surface area contributed by atoms with Crippen LogP contribution < -0.4 is 10.6 Å². The fraction of sp³-hybridized carbons (Fsp3) is 0.500. The number of hydrazine groups is 1. The predicted octanol–water partition coefficient (Wildman–Crippen LogP) is 2.05. The lowest BCUT2D eigenvalue weighted by atomic mass is 9.94. The molecule has 0 radical (unpaired) electrons. The van der Waals surface area contributed by atoms with Crippen LogP contribution in [0, 0.1) is 5.41 Å². The fourth-order valence-electron chi connectivity index (χ4n) is 2.08. The highest BCUT2D eigenvalue weighted by atomic mass is 33.1. The Morgan fingerprint density at radius 1 is 1.48 bits per heavy atom. The van der Waals surface area contributed by atoms with Gasteiger partial charge in [0.1, 0.15) is 0 Å². The van der Waals surface area contributed by atoms with Crippen molar-refractivity contribution in [2.45, 2.75) is 13.3 Å². The average molecular weight is 328 g/mol. The van der Waals surface area contributed by atoms with E-state index in [2.05, 4.69) is 0 Å². The normalized spacial score (nSPS) is 16.7. The number of ether oxygens (including phenoxy) is 1. The number of hydrogen-bond donors (Lipinski definition) is 2. The molecule has 1 heterocycles. The van der Waals surface area contributed by atoms with E-state index in [1.54, 1.807) is 39.8 Å². The summed E-state index contributed by atoms with van der Waals surface area (Å²) in [6.45, 7) is 2.41. The number of rotatable bonds is 5. The summed E-state index contributed by atoms with van der Waals surface area (Å²) < 4.78 is 5.07. The average Bonchev–Trinajstić information content (AvgIpc) is 2.93. The first-order valence-corrected chi connectivity index (χ1v) is 9.12. The van der Waals surface area contributed by atoms with E-state index in [-0.39, 0.29) is 17.1 Å². The molecule has 1 aliphatic rings. The van der Waals surface area contributed by atoms with Gasteiger partial charge < -0.3 is 9.84 Å². The number of nitrogens with two attached hydrogens (primary N) is 1. The number of hydrogen-bond acceptors (Lipinski definition) is 6. The zero-order valence-corrected chi connectivity index (χ0v) is 13.8. The zero-order chi connectivity index (χ0) is 15.5. The lowest BCUT2D eigenvalue weighted by Gasteiger charge is -2.27. The van der Waals surface area contributed by atoms with Gasteiger partial charge in [0, 0.05) is 18.1 Å². The van der Waals surface area contributed by atoms with Crippen LogP contribution in [0.4, 0.5) is 0 Å². The van der Waals surface area contributed by atoms with Crippen molar-refractivity contribution in [1.29, 1.82) is 0 Å². The smallest absolute Gasteiger partial charge is 0.244 e. The van der Waals surface area contributed by atoms with Crippen LogP contribution in [0.5, 0.6) is 11.5 Å². The molecule has 1 amide bonds. The highest BCUT2D eigenvalue weighted by molar-refractivity contribution is 8.77. The minimum absolute atomic E-state index is 0.00857. The van der Waals surface area contributed by atoms with Crippen molar-refractivity contribution in [1.82, 2.24) is 5.01 Å². The molecule has 1 saturated heterocycles. The third-order valence-electron chi connectivity index (χ3n) is 3.50. The molecule has 1 aliphatic heterocycles. The second-order valence-corrected chi connectivity index (χ2v) is 7.80. The number of benzene rings is 1. The van der Waals surface area contributed by atoms with E-state index < -0.39 is 0 Å². The number of amides is 1. The zero-order valence-electron chi connectivity index (χ0n) is 12.2. The van der Waals surface area contributed by atoms with Crippen LogP contribution in [0.2, 0.25) is 0 Å². The SMILES string of the molecule is COc1cc(CCN(N)C(=O)C2(C)CSSC2)ccc1O. The van der Waals surface area contributed by atoms with Crippen LogP contribution in [0.3, 0.4) is 0 Å². The summed E-state index contributed by atoms with van der Waals surface area (Å²) in [6, 6.07) is 5.15. The minimum atomic E-state index is -0.364. The van der Waals surface area contributed by atoms with Gasteiger partial charge in [-0.25, -0.2) is 5.84 Å². The molecule has 2 rings (SSSR count). The number of methoxy groups -OCH3 is 1. The fourth-order valence-corrected chi connectivity index (χ4v) is 5.41. The molecule has 0 atom stereocenters. The van der Waals surface area contributed by atoms with Gasteiger partial charge in [-0.15, -0.1) is 0 Å². The maximum absolute atomic E-state index is 12.4. The standard InChI is InChI=1S/C14H20N2O3S2/c1-14(8-20-21-9-14)13(18)16(15)6-5-10-3-4-11(17)12(7-10)19-2/h3-4,7,17H,5-6,8-9,15H2,1-2H3. The molecule has 0 unspecified atom stereocenters. The van der Waals surface area contributed by atoms with E-state index in [1.165, 1.54) is 12.1 Å². The minimum Gasteiger partial charge on any atom is -0.504 e. The lowest BCUT2D eigenvalue weighted by molar-refractivity contribution is -0.139. The van der Waals surface area contributed by atoms with Crippen molar-refractivity contribution in [2.24, 2.45) is 11.3 Å². The summed E-state index contributed by atoms with van der Waals surface area (Å²) in [5.74, 6) is 8.05. The van der Waals surface area contributed by atoms with Gasteiger partial charge in [0.15, 0.2) is 11.5 Å². The second-order valence-electron chi connectivity index (χ2n) is 5.34. The van der Waals surface area contributed by atoms with Gasteiger partial charge >= 0.3 is 0 Å². The molecular formula is C14H20N2O3S2. The van der Waals surface area contributed by atoms with E-state index in [9.17, 15) is 9.90 Å². The van der Waals surface area contributed by atoms with Crippen molar-refractivity contribution < 1.29 is 14.6 Å². The molecule has 0 spiro atoms. The molecular weight excluding hydrogens is 308 g/mol. The number of carbonyl (C=O) groups excluding carboxylic acids is 1. The van der Waals surface area contributed by atoms with Gasteiger partial charge in [-0.2, -0.15) is 0 Å². The molecule has 1 aromatic carbocycles. The van der Waals surface area contributed by atoms with Crippen molar-refractivity contribution in [3.63, 3.8) is 0 Å². The summed E-state index contributed by atoms with van der Waals surface area (Å²) in [4.78, 5) is 12.4. The van der Waals surface area contributed by atoms with Crippen LogP contribution in [0.15, 0.2) is 18.2 Å². The maximum atomic E-state index is 12.4. The van der Waals surface area contributed by atoms with Crippen LogP contribution in [-0.4, -0.2) is 41.2 Å². The van der Waals surface area contributed by atoms with Crippen LogP contribution in [0.25, 0.3) is 0 Å². The molecule has 0 aliphatic carbocycles. The molecule has 0 bridgehead atoms. The Labute approximate surface area is 132 Å². The largest absolute Gasteiger partial charge is 0.504 e. The molecule has 3 N–H and O–H groups in total. The predicted molar refractivity (Wildman–Crippen MR) is 87.3 cm³/mol. The third kappa shape index (κ3) is 3.78. The highest BCUT2D eigenvalue weighted by Crippen LogP contribution is 2.43. The third-order valence-corrected chi connectivity index (χ3v) is 6.38. The van der Waals surface area contributed by atoms with Crippen molar-refractivity contribution >= 4 is 27.5 Å². The second kappa shape index (κ2) is 6.81. The van der Waals surface area contributed by atoms with Crippen molar-refractivity contribution in [3.8, 4) is 11.5 Å². The lowest BCUT2D eigenvalue weighted by Crippen LogP contribution is -2.48. The molecule has 5 nitrogen and oxygen atoms in total. The number of phenolic OH excluding ortho intramolecular Hbond substituents is 1. The maximum Gasteiger partial charge on any atom is 0.244 e. The molecule has 21 heavy (non-hydrogen) atoms. The molecule has 116 valence electrons. The quantitative estimate of drug-likeness (QED) is 0.373. The topological polar surface area (TPSA) is 75.8 Å². The summed E-state index contributed by atoms with van der Waals surface area (Å²) in [5, 5.41) is 10.9. The van der Waals surface area contributed by atoms with Crippen molar-refractivity contribution in [3.05, 3.63) is 23.8 Å². The summed E-state index contributed by atoms with van der Waals surface area (Å²) in [5.41, 5.74) is 0.602. The van der Waals surface area contributed by atoms with Crippen LogP contribution in [-0.2, 0) is 11.2 Å². The van der Waals surface area contributed by atoms with Crippen LogP contribution in [0.1, 0.15) is 12.5 Å². The van der Waals surface area contributed by atoms with Gasteiger partial charge in [-0.3, -0.25) is 9.80 Å². The first-order chi connectivity index (χ1) is 9.96. The Bertz CT molecular complexity index is 519. The Morgan fingerprint density at radius 2 is 2.14 bits per heavy atom. The molecule has 0 saturated carbocycles. The van der Waals surface area contributed by atoms with E-state index in [4.69, 9.17) is 10.6 Å². The van der Waals surface area contributed by atoms with E-state index >= 15 is 0 Å². The van der Waals surface area contributed by atoms with E-state index in [0.717, 1.165) is 17.1 Å². The summed E-state index contributed by atoms with van der Waals surface area (Å²) >= 11 is 0. The number of nitrogens with zero attached hydrogens (tertiary/aromatic N) is 1. The van der Waals surface area contributed by atoms with E-state index in [0.29, 0.717) is 18.7 Å². The Balaban J connectivity index is 1.94. The van der Waals surface area contributed by atoms with Gasteiger partial charge in [0.05, 0.1) is 12.5 Å². The summed E-state index contributed by atoms with van der Waals surface area (Å²) in [7, 11) is 4.94. The van der Waals surface area contributed by atoms with Crippen molar-refractivity contribution in [2.75, 3.05) is 25.2 Å². The van der Waals surface area contributed by atoms with Gasteiger partial charge in [-0.1, -0.05) is 27.7 Å². The highest BCUT2D eigenvalue weighted by Gasteiger charge is 2.39. The number of aromatic hydroxyl groups is 1. The Morgan fingerprint density at radius 3 is 2.76 bits per heavy atom. The van der Waals surface area contributed by atoms with Gasteiger partial charge in [0.2, 0.25) is 5.91 Å². The summed E-state index contributed by atoms with van der Waals surface area (Å²) in [6.07, 6.45) is 0.620. The van der Waals surface area contributed by atoms with Crippen LogP contribution >= 0.6 is 21.6 Å². The van der Waals surface area contributed by atoms with E-state index in [1.807, 2.05) is 6.92 Å². The van der Waals surface area contributed by atoms with Gasteiger partial charge in [0.25, 0.3) is 0 Å². The monoisotopic (exact) mass is 328 g/mol. The first-order valence-electron chi connectivity index (χ1n) is 6.63. The first kappa shape index (κ1) is 16.3. The Kier molecular flexibility index (Phi) is 5.29.